The van der Waals surface area contributed by atoms with Crippen LogP contribution in [0.2, 0.25) is 0 Å². The van der Waals surface area contributed by atoms with Crippen molar-refractivity contribution in [1.82, 2.24) is 5.32 Å². The highest BCUT2D eigenvalue weighted by Gasteiger charge is 2.23. The summed E-state index contributed by atoms with van der Waals surface area (Å²) in [5.74, 6) is 0.619. The van der Waals surface area contributed by atoms with Crippen molar-refractivity contribution in [1.29, 1.82) is 0 Å². The molecular formula is C15H21BrFN. The van der Waals surface area contributed by atoms with Crippen molar-refractivity contribution < 1.29 is 4.39 Å². The molecule has 0 spiro atoms. The zero-order chi connectivity index (χ0) is 13.1. The van der Waals surface area contributed by atoms with Gasteiger partial charge in [-0.25, -0.2) is 4.39 Å². The molecule has 1 unspecified atom stereocenters. The third kappa shape index (κ3) is 3.33. The maximum Gasteiger partial charge on any atom is 0.129 e. The lowest BCUT2D eigenvalue weighted by atomic mass is 9.97. The van der Waals surface area contributed by atoms with Crippen molar-refractivity contribution in [2.75, 3.05) is 0 Å². The number of hydrogen-bond donors (Lipinski definition) is 1. The van der Waals surface area contributed by atoms with E-state index in [9.17, 15) is 4.39 Å². The number of hydrogen-bond acceptors (Lipinski definition) is 1. The number of nitrogens with one attached hydrogen (secondary N) is 1. The first-order valence-corrected chi connectivity index (χ1v) is 7.58. The highest BCUT2D eigenvalue weighted by molar-refractivity contribution is 9.10. The molecular weight excluding hydrogens is 293 g/mol. The van der Waals surface area contributed by atoms with E-state index in [1.807, 2.05) is 19.1 Å². The molecule has 1 nitrogen and oxygen atoms in total. The smallest absolute Gasteiger partial charge is 0.129 e. The van der Waals surface area contributed by atoms with Gasteiger partial charge < -0.3 is 5.32 Å². The maximum atomic E-state index is 13.9. The van der Waals surface area contributed by atoms with Crippen LogP contribution in [0.4, 0.5) is 4.39 Å². The van der Waals surface area contributed by atoms with E-state index >= 15 is 0 Å². The summed E-state index contributed by atoms with van der Waals surface area (Å²) in [6.07, 6.45) is 5.31. The minimum absolute atomic E-state index is 0.0636. The second kappa shape index (κ2) is 6.16. The van der Waals surface area contributed by atoms with Gasteiger partial charge in [-0.15, -0.1) is 0 Å². The highest BCUT2D eigenvalue weighted by Crippen LogP contribution is 2.29. The molecule has 3 heteroatoms. The molecule has 2 atom stereocenters. The average molecular weight is 314 g/mol. The zero-order valence-corrected chi connectivity index (χ0v) is 12.6. The lowest BCUT2D eigenvalue weighted by Gasteiger charge is -2.25. The Balaban J connectivity index is 2.00. The standard InChI is InChI=1S/C15H21BrFN/c1-10(12-5-3-4-6-12)18-11(2)14-8-7-13(16)9-15(14)17/h7-12,18H,3-6H2,1-2H3/t10-,11?/m1/s1. The fourth-order valence-electron chi connectivity index (χ4n) is 2.93. The summed E-state index contributed by atoms with van der Waals surface area (Å²) in [5, 5.41) is 3.54. The molecule has 1 aromatic carbocycles. The minimum atomic E-state index is -0.136. The summed E-state index contributed by atoms with van der Waals surface area (Å²) in [6, 6.07) is 5.82. The van der Waals surface area contributed by atoms with E-state index in [0.717, 1.165) is 16.0 Å². The van der Waals surface area contributed by atoms with Crippen molar-refractivity contribution in [3.8, 4) is 0 Å². The predicted molar refractivity (Wildman–Crippen MR) is 77.1 cm³/mol. The van der Waals surface area contributed by atoms with Gasteiger partial charge in [-0.1, -0.05) is 34.8 Å². The largest absolute Gasteiger partial charge is 0.307 e. The second-order valence-corrected chi connectivity index (χ2v) is 6.30. The molecule has 0 aliphatic heterocycles. The Hall–Kier alpha value is -0.410. The van der Waals surface area contributed by atoms with E-state index in [-0.39, 0.29) is 11.9 Å². The first kappa shape index (κ1) is 14.0. The van der Waals surface area contributed by atoms with Crippen LogP contribution in [-0.4, -0.2) is 6.04 Å². The van der Waals surface area contributed by atoms with Crippen LogP contribution in [0.3, 0.4) is 0 Å². The summed E-state index contributed by atoms with van der Waals surface area (Å²) in [6.45, 7) is 4.26. The monoisotopic (exact) mass is 313 g/mol. The Morgan fingerprint density at radius 1 is 1.28 bits per heavy atom. The van der Waals surface area contributed by atoms with E-state index in [4.69, 9.17) is 0 Å². The van der Waals surface area contributed by atoms with E-state index in [1.165, 1.54) is 31.7 Å². The van der Waals surface area contributed by atoms with Crippen LogP contribution >= 0.6 is 15.9 Å². The predicted octanol–water partition coefficient (Wildman–Crippen LogP) is 4.82. The molecule has 18 heavy (non-hydrogen) atoms. The second-order valence-electron chi connectivity index (χ2n) is 5.39. The van der Waals surface area contributed by atoms with E-state index < -0.39 is 0 Å². The van der Waals surface area contributed by atoms with Crippen LogP contribution in [0.5, 0.6) is 0 Å². The third-order valence-electron chi connectivity index (χ3n) is 4.05. The highest BCUT2D eigenvalue weighted by atomic mass is 79.9. The summed E-state index contributed by atoms with van der Waals surface area (Å²) in [4.78, 5) is 0. The Morgan fingerprint density at radius 3 is 2.56 bits per heavy atom. The lowest BCUT2D eigenvalue weighted by Crippen LogP contribution is -2.34. The third-order valence-corrected chi connectivity index (χ3v) is 4.54. The van der Waals surface area contributed by atoms with Gasteiger partial charge in [0.1, 0.15) is 5.82 Å². The van der Waals surface area contributed by atoms with Crippen LogP contribution in [-0.2, 0) is 0 Å². The molecule has 2 rings (SSSR count). The topological polar surface area (TPSA) is 12.0 Å². The molecule has 1 aromatic rings. The molecule has 0 aromatic heterocycles. The lowest BCUT2D eigenvalue weighted by molar-refractivity contribution is 0.348. The molecule has 0 radical (unpaired) electrons. The van der Waals surface area contributed by atoms with E-state index in [0.29, 0.717) is 6.04 Å². The van der Waals surface area contributed by atoms with Crippen LogP contribution < -0.4 is 5.32 Å². The molecule has 1 fully saturated rings. The van der Waals surface area contributed by atoms with Crippen LogP contribution in [0, 0.1) is 11.7 Å². The first-order valence-electron chi connectivity index (χ1n) is 6.79. The summed E-state index contributed by atoms with van der Waals surface area (Å²) in [7, 11) is 0. The summed E-state index contributed by atoms with van der Waals surface area (Å²) >= 11 is 3.29. The Bertz CT molecular complexity index is 401. The molecule has 0 saturated heterocycles. The number of rotatable bonds is 4. The Labute approximate surface area is 117 Å². The fraction of sp³-hybridized carbons (Fsp3) is 0.600. The normalized spacial score (nSPS) is 20.0. The number of halogens is 2. The molecule has 1 saturated carbocycles. The summed E-state index contributed by atoms with van der Waals surface area (Å²) in [5.41, 5.74) is 0.753. The van der Waals surface area contributed by atoms with Gasteiger partial charge in [-0.05, 0) is 44.7 Å². The van der Waals surface area contributed by atoms with E-state index in [1.54, 1.807) is 0 Å². The molecule has 1 aliphatic rings. The van der Waals surface area contributed by atoms with Crippen LogP contribution in [0.1, 0.15) is 51.1 Å². The van der Waals surface area contributed by atoms with Gasteiger partial charge in [0.15, 0.2) is 0 Å². The molecule has 100 valence electrons. The van der Waals surface area contributed by atoms with Crippen molar-refractivity contribution in [2.24, 2.45) is 5.92 Å². The quantitative estimate of drug-likeness (QED) is 0.840. The van der Waals surface area contributed by atoms with Gasteiger partial charge in [0.05, 0.1) is 0 Å². The molecule has 0 heterocycles. The van der Waals surface area contributed by atoms with Gasteiger partial charge >= 0.3 is 0 Å². The average Bonchev–Trinajstić information content (AvgIpc) is 2.81. The van der Waals surface area contributed by atoms with Crippen molar-refractivity contribution in [3.05, 3.63) is 34.1 Å². The van der Waals surface area contributed by atoms with Crippen molar-refractivity contribution in [3.63, 3.8) is 0 Å². The minimum Gasteiger partial charge on any atom is -0.307 e. The SMILES string of the molecule is CC(N[C@H](C)C1CCCC1)c1ccc(Br)cc1F. The number of benzene rings is 1. The fourth-order valence-corrected chi connectivity index (χ4v) is 3.26. The van der Waals surface area contributed by atoms with Crippen LogP contribution in [0.15, 0.2) is 22.7 Å². The molecule has 0 amide bonds. The molecule has 1 N–H and O–H groups in total. The maximum absolute atomic E-state index is 13.9. The zero-order valence-electron chi connectivity index (χ0n) is 11.0. The van der Waals surface area contributed by atoms with Crippen LogP contribution in [0.25, 0.3) is 0 Å². The van der Waals surface area contributed by atoms with Crippen molar-refractivity contribution in [2.45, 2.75) is 51.6 Å². The van der Waals surface area contributed by atoms with Gasteiger partial charge in [0.2, 0.25) is 0 Å². The molecule has 1 aliphatic carbocycles. The summed E-state index contributed by atoms with van der Waals surface area (Å²) < 4.78 is 14.6. The van der Waals surface area contributed by atoms with Crippen molar-refractivity contribution >= 4 is 15.9 Å². The van der Waals surface area contributed by atoms with Gasteiger partial charge in [0, 0.05) is 22.1 Å². The van der Waals surface area contributed by atoms with E-state index in [2.05, 4.69) is 28.2 Å². The Kier molecular flexibility index (Phi) is 4.79. The Morgan fingerprint density at radius 2 is 1.94 bits per heavy atom. The van der Waals surface area contributed by atoms with Gasteiger partial charge in [-0.2, -0.15) is 0 Å². The molecule has 0 bridgehead atoms. The van der Waals surface area contributed by atoms with Gasteiger partial charge in [-0.3, -0.25) is 0 Å². The first-order chi connectivity index (χ1) is 8.58. The van der Waals surface area contributed by atoms with Gasteiger partial charge in [0.25, 0.3) is 0 Å².